The van der Waals surface area contributed by atoms with Gasteiger partial charge in [-0.3, -0.25) is 9.59 Å². The first kappa shape index (κ1) is 19.7. The van der Waals surface area contributed by atoms with Crippen molar-refractivity contribution < 1.29 is 19.1 Å². The zero-order valence-corrected chi connectivity index (χ0v) is 16.5. The molecule has 0 aliphatic carbocycles. The highest BCUT2D eigenvalue weighted by Gasteiger charge is 2.25. The maximum Gasteiger partial charge on any atom is 0.261 e. The van der Waals surface area contributed by atoms with Gasteiger partial charge < -0.3 is 19.7 Å². The summed E-state index contributed by atoms with van der Waals surface area (Å²) >= 11 is 0. The smallest absolute Gasteiger partial charge is 0.261 e. The van der Waals surface area contributed by atoms with Crippen molar-refractivity contribution in [1.82, 2.24) is 4.90 Å². The Balaban J connectivity index is 1.72. The number of amides is 2. The summed E-state index contributed by atoms with van der Waals surface area (Å²) in [5, 5.41) is 2.93. The highest BCUT2D eigenvalue weighted by molar-refractivity contribution is 5.92. The van der Waals surface area contributed by atoms with Crippen LogP contribution >= 0.6 is 0 Å². The van der Waals surface area contributed by atoms with Crippen molar-refractivity contribution in [1.29, 1.82) is 0 Å². The Kier molecular flexibility index (Phi) is 6.19. The van der Waals surface area contributed by atoms with Crippen LogP contribution in [0.3, 0.4) is 0 Å². The van der Waals surface area contributed by atoms with E-state index in [1.165, 1.54) is 0 Å². The number of carbonyl (C=O) groups excluding carboxylic acids is 2. The molecule has 1 aliphatic rings. The first-order valence-electron chi connectivity index (χ1n) is 9.48. The molecule has 6 nitrogen and oxygen atoms in total. The summed E-state index contributed by atoms with van der Waals surface area (Å²) in [4.78, 5) is 26.6. The van der Waals surface area contributed by atoms with Gasteiger partial charge in [0.1, 0.15) is 11.5 Å². The van der Waals surface area contributed by atoms with Crippen molar-refractivity contribution in [3.63, 3.8) is 0 Å². The molecule has 2 amide bonds. The third-order valence-electron chi connectivity index (χ3n) is 4.98. The van der Waals surface area contributed by atoms with Gasteiger partial charge in [0.05, 0.1) is 13.5 Å². The zero-order valence-electron chi connectivity index (χ0n) is 16.5. The molecular weight excluding hydrogens is 356 g/mol. The fraction of sp³-hybridized carbons (Fsp3) is 0.364. The number of benzene rings is 2. The number of hydrogen-bond acceptors (Lipinski definition) is 4. The SMILES string of the molecule is CC[C@@H](C)N1Cc2cc(NC(=O)Cc3cccc(OC)c3)ccc2OCC1=O. The molecule has 0 bridgehead atoms. The van der Waals surface area contributed by atoms with E-state index in [1.807, 2.05) is 48.2 Å². The number of anilines is 1. The quantitative estimate of drug-likeness (QED) is 0.832. The second kappa shape index (κ2) is 8.78. The van der Waals surface area contributed by atoms with Crippen molar-refractivity contribution in [3.8, 4) is 11.5 Å². The molecule has 2 aromatic carbocycles. The third kappa shape index (κ3) is 4.63. The second-order valence-electron chi connectivity index (χ2n) is 6.97. The van der Waals surface area contributed by atoms with Gasteiger partial charge in [0.25, 0.3) is 5.91 Å². The number of fused-ring (bicyclic) bond motifs is 1. The molecule has 0 unspecified atom stereocenters. The van der Waals surface area contributed by atoms with Gasteiger partial charge in [-0.25, -0.2) is 0 Å². The molecule has 1 atom stereocenters. The standard InChI is InChI=1S/C22H26N2O4/c1-4-15(2)24-13-17-12-18(8-9-20(17)28-14-22(24)26)23-21(25)11-16-6-5-7-19(10-16)27-3/h5-10,12,15H,4,11,13-14H2,1-3H3,(H,23,25)/t15-/m1/s1. The lowest BCUT2D eigenvalue weighted by molar-refractivity contribution is -0.135. The van der Waals surface area contributed by atoms with Crippen LogP contribution < -0.4 is 14.8 Å². The fourth-order valence-electron chi connectivity index (χ4n) is 3.21. The molecule has 148 valence electrons. The van der Waals surface area contributed by atoms with Crippen molar-refractivity contribution in [2.24, 2.45) is 0 Å². The summed E-state index contributed by atoms with van der Waals surface area (Å²) in [7, 11) is 1.60. The number of methoxy groups -OCH3 is 1. The average Bonchev–Trinajstić information content (AvgIpc) is 2.86. The highest BCUT2D eigenvalue weighted by Crippen LogP contribution is 2.28. The summed E-state index contributed by atoms with van der Waals surface area (Å²) in [6, 6.07) is 13.1. The van der Waals surface area contributed by atoms with E-state index in [-0.39, 0.29) is 30.9 Å². The summed E-state index contributed by atoms with van der Waals surface area (Å²) in [6.45, 7) is 4.60. The number of hydrogen-bond donors (Lipinski definition) is 1. The minimum atomic E-state index is -0.113. The van der Waals surface area contributed by atoms with Crippen LogP contribution in [0.5, 0.6) is 11.5 Å². The normalized spacial score (nSPS) is 14.5. The third-order valence-corrected chi connectivity index (χ3v) is 4.98. The van der Waals surface area contributed by atoms with E-state index >= 15 is 0 Å². The Morgan fingerprint density at radius 3 is 2.86 bits per heavy atom. The summed E-state index contributed by atoms with van der Waals surface area (Å²) in [5.74, 6) is 1.28. The van der Waals surface area contributed by atoms with Crippen LogP contribution in [-0.4, -0.2) is 36.5 Å². The molecule has 0 saturated heterocycles. The Morgan fingerprint density at radius 2 is 2.11 bits per heavy atom. The van der Waals surface area contributed by atoms with E-state index in [1.54, 1.807) is 13.2 Å². The molecule has 0 radical (unpaired) electrons. The molecule has 1 heterocycles. The second-order valence-corrected chi connectivity index (χ2v) is 6.97. The minimum Gasteiger partial charge on any atom is -0.497 e. The van der Waals surface area contributed by atoms with Crippen LogP contribution in [0.2, 0.25) is 0 Å². The molecule has 0 fully saturated rings. The van der Waals surface area contributed by atoms with Crippen molar-refractivity contribution in [2.45, 2.75) is 39.3 Å². The highest BCUT2D eigenvalue weighted by atomic mass is 16.5. The van der Waals surface area contributed by atoms with E-state index in [4.69, 9.17) is 9.47 Å². The molecule has 1 N–H and O–H groups in total. The summed E-state index contributed by atoms with van der Waals surface area (Å²) in [5.41, 5.74) is 2.46. The Bertz CT molecular complexity index is 865. The van der Waals surface area contributed by atoms with E-state index in [0.717, 1.165) is 23.3 Å². The Labute approximate surface area is 165 Å². The largest absolute Gasteiger partial charge is 0.497 e. The predicted octanol–water partition coefficient (Wildman–Crippen LogP) is 3.40. The summed E-state index contributed by atoms with van der Waals surface area (Å²) < 4.78 is 10.8. The molecule has 0 saturated carbocycles. The molecule has 0 spiro atoms. The van der Waals surface area contributed by atoms with Gasteiger partial charge in [-0.15, -0.1) is 0 Å². The van der Waals surface area contributed by atoms with Crippen molar-refractivity contribution >= 4 is 17.5 Å². The van der Waals surface area contributed by atoms with Crippen LogP contribution in [0.25, 0.3) is 0 Å². The Hall–Kier alpha value is -3.02. The molecule has 2 aromatic rings. The van der Waals surface area contributed by atoms with Crippen LogP contribution in [-0.2, 0) is 22.6 Å². The maximum absolute atomic E-state index is 12.4. The van der Waals surface area contributed by atoms with E-state index in [0.29, 0.717) is 18.0 Å². The van der Waals surface area contributed by atoms with E-state index < -0.39 is 0 Å². The van der Waals surface area contributed by atoms with Gasteiger partial charge in [-0.1, -0.05) is 19.1 Å². The predicted molar refractivity (Wildman–Crippen MR) is 108 cm³/mol. The van der Waals surface area contributed by atoms with Crippen molar-refractivity contribution in [2.75, 3.05) is 19.0 Å². The first-order valence-corrected chi connectivity index (χ1v) is 9.48. The maximum atomic E-state index is 12.4. The van der Waals surface area contributed by atoms with Crippen LogP contribution in [0, 0.1) is 0 Å². The van der Waals surface area contributed by atoms with Gasteiger partial charge in [0.2, 0.25) is 5.91 Å². The number of rotatable bonds is 6. The molecule has 3 rings (SSSR count). The van der Waals surface area contributed by atoms with Crippen molar-refractivity contribution in [3.05, 3.63) is 53.6 Å². The molecule has 6 heteroatoms. The van der Waals surface area contributed by atoms with Gasteiger partial charge in [0, 0.05) is 23.8 Å². The molecule has 0 aromatic heterocycles. The lowest BCUT2D eigenvalue weighted by Gasteiger charge is -2.26. The van der Waals surface area contributed by atoms with Gasteiger partial charge in [-0.2, -0.15) is 0 Å². The lowest BCUT2D eigenvalue weighted by Crippen LogP contribution is -2.39. The van der Waals surface area contributed by atoms with Gasteiger partial charge in [-0.05, 0) is 49.2 Å². The monoisotopic (exact) mass is 382 g/mol. The average molecular weight is 382 g/mol. The van der Waals surface area contributed by atoms with Gasteiger partial charge >= 0.3 is 0 Å². The van der Waals surface area contributed by atoms with Crippen LogP contribution in [0.15, 0.2) is 42.5 Å². The molecule has 28 heavy (non-hydrogen) atoms. The lowest BCUT2D eigenvalue weighted by atomic mass is 10.1. The number of ether oxygens (including phenoxy) is 2. The van der Waals surface area contributed by atoms with Crippen LogP contribution in [0.4, 0.5) is 5.69 Å². The number of nitrogens with zero attached hydrogens (tertiary/aromatic N) is 1. The number of carbonyl (C=O) groups is 2. The first-order chi connectivity index (χ1) is 13.5. The van der Waals surface area contributed by atoms with E-state index in [2.05, 4.69) is 12.2 Å². The minimum absolute atomic E-state index is 0.0193. The van der Waals surface area contributed by atoms with Gasteiger partial charge in [0.15, 0.2) is 6.61 Å². The Morgan fingerprint density at radius 1 is 1.29 bits per heavy atom. The topological polar surface area (TPSA) is 67.9 Å². The molecule has 1 aliphatic heterocycles. The number of nitrogens with one attached hydrogen (secondary N) is 1. The van der Waals surface area contributed by atoms with E-state index in [9.17, 15) is 9.59 Å². The summed E-state index contributed by atoms with van der Waals surface area (Å²) in [6.07, 6.45) is 1.13. The zero-order chi connectivity index (χ0) is 20.1. The fourth-order valence-corrected chi connectivity index (χ4v) is 3.21. The molecular formula is C22H26N2O4. The van der Waals surface area contributed by atoms with Crippen LogP contribution in [0.1, 0.15) is 31.4 Å².